The maximum Gasteiger partial charge on any atom is 0.256 e. The van der Waals surface area contributed by atoms with Crippen molar-refractivity contribution in [3.63, 3.8) is 0 Å². The molecule has 168 valence electrons. The number of hydrogen-bond acceptors (Lipinski definition) is 4. The Kier molecular flexibility index (Phi) is 6.26. The van der Waals surface area contributed by atoms with Gasteiger partial charge in [-0.3, -0.25) is 9.59 Å². The molecule has 2 unspecified atom stereocenters. The molecule has 1 fully saturated rings. The van der Waals surface area contributed by atoms with Gasteiger partial charge in [0.25, 0.3) is 11.8 Å². The lowest BCUT2D eigenvalue weighted by molar-refractivity contribution is 0.0635. The Morgan fingerprint density at radius 2 is 1.97 bits per heavy atom. The van der Waals surface area contributed by atoms with Crippen LogP contribution in [0.5, 0.6) is 0 Å². The zero-order chi connectivity index (χ0) is 22.8. The minimum atomic E-state index is -0.215. The molecule has 2 amide bonds. The average molecular weight is 434 g/mol. The summed E-state index contributed by atoms with van der Waals surface area (Å²) in [6, 6.07) is 9.40. The van der Waals surface area contributed by atoms with E-state index in [1.807, 2.05) is 16.5 Å². The summed E-state index contributed by atoms with van der Waals surface area (Å²) in [6.07, 6.45) is 5.92. The molecular formula is C25H31N5O2. The van der Waals surface area contributed by atoms with E-state index < -0.39 is 0 Å². The van der Waals surface area contributed by atoms with E-state index in [-0.39, 0.29) is 23.9 Å². The van der Waals surface area contributed by atoms with Gasteiger partial charge in [-0.1, -0.05) is 6.92 Å². The fourth-order valence-electron chi connectivity index (χ4n) is 4.29. The molecule has 32 heavy (non-hydrogen) atoms. The van der Waals surface area contributed by atoms with Crippen LogP contribution >= 0.6 is 0 Å². The van der Waals surface area contributed by atoms with Crippen molar-refractivity contribution in [3.8, 4) is 0 Å². The minimum absolute atomic E-state index is 0.0546. The molecule has 2 aromatic heterocycles. The molecule has 4 rings (SSSR count). The molecule has 1 N–H and O–H groups in total. The van der Waals surface area contributed by atoms with Crippen LogP contribution < -0.4 is 5.32 Å². The molecule has 0 aliphatic carbocycles. The Morgan fingerprint density at radius 1 is 1.22 bits per heavy atom. The Balaban J connectivity index is 1.54. The van der Waals surface area contributed by atoms with Crippen LogP contribution in [0.25, 0.3) is 11.0 Å². The summed E-state index contributed by atoms with van der Waals surface area (Å²) < 4.78 is 1.88. The van der Waals surface area contributed by atoms with Gasteiger partial charge in [-0.05, 0) is 76.8 Å². The molecule has 3 heterocycles. The predicted octanol–water partition coefficient (Wildman–Crippen LogP) is 4.98. The number of nitrogens with one attached hydrogen (secondary N) is 1. The highest BCUT2D eigenvalue weighted by Crippen LogP contribution is 2.24. The summed E-state index contributed by atoms with van der Waals surface area (Å²) in [6.45, 7) is 8.98. The number of rotatable bonds is 5. The number of pyridine rings is 1. The number of aryl methyl sites for hydroxylation is 1. The molecule has 7 nitrogen and oxygen atoms in total. The number of benzene rings is 1. The molecule has 1 aliphatic rings. The Bertz CT molecular complexity index is 1140. The van der Waals surface area contributed by atoms with E-state index in [2.05, 4.69) is 36.2 Å². The van der Waals surface area contributed by atoms with Crippen molar-refractivity contribution in [2.24, 2.45) is 0 Å². The van der Waals surface area contributed by atoms with Crippen molar-refractivity contribution in [1.29, 1.82) is 0 Å². The second kappa shape index (κ2) is 9.10. The van der Waals surface area contributed by atoms with Gasteiger partial charge in [-0.2, -0.15) is 5.10 Å². The maximum absolute atomic E-state index is 13.1. The van der Waals surface area contributed by atoms with Gasteiger partial charge in [0, 0.05) is 29.5 Å². The van der Waals surface area contributed by atoms with Crippen LogP contribution in [-0.2, 0) is 0 Å². The maximum atomic E-state index is 13.1. The van der Waals surface area contributed by atoms with Gasteiger partial charge in [0.05, 0.1) is 23.2 Å². The number of anilines is 1. The fraction of sp³-hybridized carbons (Fsp3) is 0.440. The first-order valence-electron chi connectivity index (χ1n) is 11.5. The standard InChI is InChI=1S/C25H31N5O2/c1-5-17(3)30-23-22(15-26-30)21(14-16(2)27-23)24(31)28-20-11-9-19(10-12-20)25(32)29-13-7-6-8-18(29)4/h9-12,14-15,17-18H,5-8,13H2,1-4H3,(H,28,31). The third-order valence-corrected chi connectivity index (χ3v) is 6.40. The predicted molar refractivity (Wildman–Crippen MR) is 126 cm³/mol. The number of aromatic nitrogens is 3. The first-order valence-corrected chi connectivity index (χ1v) is 11.5. The average Bonchev–Trinajstić information content (AvgIpc) is 3.22. The number of piperidine rings is 1. The van der Waals surface area contributed by atoms with E-state index in [1.165, 1.54) is 6.42 Å². The second-order valence-corrected chi connectivity index (χ2v) is 8.77. The Labute approximate surface area is 188 Å². The minimum Gasteiger partial charge on any atom is -0.336 e. The van der Waals surface area contributed by atoms with Crippen LogP contribution in [0.3, 0.4) is 0 Å². The van der Waals surface area contributed by atoms with Gasteiger partial charge in [0.2, 0.25) is 0 Å². The lowest BCUT2D eigenvalue weighted by Gasteiger charge is -2.33. The summed E-state index contributed by atoms with van der Waals surface area (Å²) in [7, 11) is 0. The Morgan fingerprint density at radius 3 is 2.66 bits per heavy atom. The monoisotopic (exact) mass is 433 g/mol. The summed E-state index contributed by atoms with van der Waals surface area (Å²) in [5, 5.41) is 8.16. The number of carbonyl (C=O) groups excluding carboxylic acids is 2. The van der Waals surface area contributed by atoms with Crippen LogP contribution in [0.2, 0.25) is 0 Å². The van der Waals surface area contributed by atoms with Crippen molar-refractivity contribution in [2.75, 3.05) is 11.9 Å². The molecule has 0 spiro atoms. The largest absolute Gasteiger partial charge is 0.336 e. The van der Waals surface area contributed by atoms with Crippen molar-refractivity contribution < 1.29 is 9.59 Å². The van der Waals surface area contributed by atoms with E-state index in [1.54, 1.807) is 36.5 Å². The topological polar surface area (TPSA) is 80.1 Å². The van der Waals surface area contributed by atoms with E-state index in [9.17, 15) is 9.59 Å². The van der Waals surface area contributed by atoms with E-state index in [4.69, 9.17) is 0 Å². The highest BCUT2D eigenvalue weighted by molar-refractivity contribution is 6.12. The molecule has 2 atom stereocenters. The van der Waals surface area contributed by atoms with E-state index in [0.29, 0.717) is 16.8 Å². The second-order valence-electron chi connectivity index (χ2n) is 8.77. The molecule has 1 saturated heterocycles. The lowest BCUT2D eigenvalue weighted by atomic mass is 10.0. The molecule has 7 heteroatoms. The molecule has 0 saturated carbocycles. The quantitative estimate of drug-likeness (QED) is 0.615. The number of fused-ring (bicyclic) bond motifs is 1. The molecule has 0 bridgehead atoms. The number of carbonyl (C=O) groups is 2. The lowest BCUT2D eigenvalue weighted by Crippen LogP contribution is -2.42. The van der Waals surface area contributed by atoms with Gasteiger partial charge < -0.3 is 10.2 Å². The van der Waals surface area contributed by atoms with Gasteiger partial charge in [-0.25, -0.2) is 9.67 Å². The van der Waals surface area contributed by atoms with Crippen molar-refractivity contribution in [3.05, 3.63) is 53.3 Å². The molecule has 3 aromatic rings. The third-order valence-electron chi connectivity index (χ3n) is 6.40. The van der Waals surface area contributed by atoms with Gasteiger partial charge in [0.15, 0.2) is 5.65 Å². The highest BCUT2D eigenvalue weighted by atomic mass is 16.2. The van der Waals surface area contributed by atoms with Crippen molar-refractivity contribution in [2.45, 2.75) is 65.5 Å². The zero-order valence-electron chi connectivity index (χ0n) is 19.3. The number of likely N-dealkylation sites (tertiary alicyclic amines) is 1. The number of nitrogens with zero attached hydrogens (tertiary/aromatic N) is 4. The highest BCUT2D eigenvalue weighted by Gasteiger charge is 2.24. The molecule has 1 aromatic carbocycles. The number of hydrogen-bond donors (Lipinski definition) is 1. The van der Waals surface area contributed by atoms with Crippen LogP contribution in [0.1, 0.15) is 78.9 Å². The summed E-state index contributed by atoms with van der Waals surface area (Å²) in [5.41, 5.74) is 3.33. The summed E-state index contributed by atoms with van der Waals surface area (Å²) >= 11 is 0. The van der Waals surface area contributed by atoms with Crippen molar-refractivity contribution >= 4 is 28.5 Å². The van der Waals surface area contributed by atoms with Gasteiger partial charge in [0.1, 0.15) is 0 Å². The first-order chi connectivity index (χ1) is 15.4. The third kappa shape index (κ3) is 4.24. The summed E-state index contributed by atoms with van der Waals surface area (Å²) in [5.74, 6) is -0.160. The smallest absolute Gasteiger partial charge is 0.256 e. The van der Waals surface area contributed by atoms with Crippen LogP contribution in [0, 0.1) is 6.92 Å². The Hall–Kier alpha value is -3.22. The van der Waals surface area contributed by atoms with Crippen molar-refractivity contribution in [1.82, 2.24) is 19.7 Å². The van der Waals surface area contributed by atoms with Gasteiger partial charge >= 0.3 is 0 Å². The van der Waals surface area contributed by atoms with E-state index in [0.717, 1.165) is 42.5 Å². The number of amides is 2. The zero-order valence-corrected chi connectivity index (χ0v) is 19.3. The molecular weight excluding hydrogens is 402 g/mol. The van der Waals surface area contributed by atoms with Crippen LogP contribution in [0.15, 0.2) is 36.5 Å². The summed E-state index contributed by atoms with van der Waals surface area (Å²) in [4.78, 5) is 32.5. The van der Waals surface area contributed by atoms with Crippen LogP contribution in [-0.4, -0.2) is 44.1 Å². The SMILES string of the molecule is CCC(C)n1ncc2c(C(=O)Nc3ccc(C(=O)N4CCCCC4C)cc3)cc(C)nc21. The fourth-order valence-corrected chi connectivity index (χ4v) is 4.29. The molecule has 1 aliphatic heterocycles. The van der Waals surface area contributed by atoms with Gasteiger partial charge in [-0.15, -0.1) is 0 Å². The normalized spacial score (nSPS) is 17.4. The first kappa shape index (κ1) is 22.0. The van der Waals surface area contributed by atoms with E-state index >= 15 is 0 Å². The molecule has 0 radical (unpaired) electrons. The van der Waals surface area contributed by atoms with Crippen LogP contribution in [0.4, 0.5) is 5.69 Å².